The van der Waals surface area contributed by atoms with Crippen molar-refractivity contribution < 1.29 is 18.8 Å². The molecule has 0 saturated carbocycles. The number of anilines is 1. The Labute approximate surface area is 181 Å². The molecule has 10 heteroatoms. The average Bonchev–Trinajstić information content (AvgIpc) is 3.19. The maximum atomic E-state index is 14.0. The molecule has 1 aromatic heterocycles. The van der Waals surface area contributed by atoms with Crippen LogP contribution in [0, 0.1) is 11.7 Å². The quantitative estimate of drug-likeness (QED) is 0.599. The minimum absolute atomic E-state index is 0.0106. The fraction of sp³-hybridized carbons (Fsp3) is 0.227. The Morgan fingerprint density at radius 1 is 1.06 bits per heavy atom. The van der Waals surface area contributed by atoms with Gasteiger partial charge in [0.05, 0.1) is 17.0 Å². The van der Waals surface area contributed by atoms with Gasteiger partial charge in [0, 0.05) is 24.9 Å². The van der Waals surface area contributed by atoms with Gasteiger partial charge in [-0.1, -0.05) is 30.3 Å². The van der Waals surface area contributed by atoms with Gasteiger partial charge in [-0.15, -0.1) is 0 Å². The lowest BCUT2D eigenvalue weighted by atomic mass is 10.1. The van der Waals surface area contributed by atoms with Crippen molar-refractivity contribution in [1.82, 2.24) is 20.6 Å². The highest BCUT2D eigenvalue weighted by Crippen LogP contribution is 2.27. The fourth-order valence-electron chi connectivity index (χ4n) is 3.68. The van der Waals surface area contributed by atoms with E-state index in [0.717, 1.165) is 0 Å². The van der Waals surface area contributed by atoms with Crippen molar-refractivity contribution in [3.8, 4) is 0 Å². The van der Waals surface area contributed by atoms with Gasteiger partial charge in [0.25, 0.3) is 11.5 Å². The van der Waals surface area contributed by atoms with Crippen LogP contribution in [-0.2, 0) is 16.1 Å². The number of hydrogen-bond acceptors (Lipinski definition) is 5. The zero-order valence-electron chi connectivity index (χ0n) is 17.2. The van der Waals surface area contributed by atoms with Crippen molar-refractivity contribution in [2.45, 2.75) is 19.9 Å². The molecule has 1 atom stereocenters. The molecule has 1 fully saturated rings. The second-order valence-electron chi connectivity index (χ2n) is 7.32. The lowest BCUT2D eigenvalue weighted by molar-refractivity contribution is -0.126. The van der Waals surface area contributed by atoms with Gasteiger partial charge in [-0.05, 0) is 25.1 Å². The van der Waals surface area contributed by atoms with Crippen molar-refractivity contribution in [2.75, 3.05) is 11.4 Å². The summed E-state index contributed by atoms with van der Waals surface area (Å²) in [4.78, 5) is 51.2. The lowest BCUT2D eigenvalue weighted by Crippen LogP contribution is -2.46. The van der Waals surface area contributed by atoms with Gasteiger partial charge in [-0.3, -0.25) is 30.0 Å². The standard InChI is InChI=1S/C22H20FN5O4/c1-2-28-22(32)15-8-4-3-7-14(15)19(26-28)21(31)25-24-20(30)13-11-18(29)27(12-13)17-10-6-5-9-16(17)23/h3-10,13H,2,11-12H2,1H3,(H,24,30)(H,25,31)/t13-/m0/s1. The number of nitrogens with one attached hydrogen (secondary N) is 2. The zero-order chi connectivity index (χ0) is 22.8. The number of hydrogen-bond donors (Lipinski definition) is 2. The maximum absolute atomic E-state index is 14.0. The molecule has 0 spiro atoms. The first-order chi connectivity index (χ1) is 15.4. The summed E-state index contributed by atoms with van der Waals surface area (Å²) in [5.41, 5.74) is 4.38. The van der Waals surface area contributed by atoms with Crippen LogP contribution in [-0.4, -0.2) is 34.0 Å². The molecule has 1 aliphatic heterocycles. The number of aryl methyl sites for hydroxylation is 1. The molecule has 9 nitrogen and oxygen atoms in total. The Balaban J connectivity index is 1.48. The van der Waals surface area contributed by atoms with Crippen molar-refractivity contribution in [2.24, 2.45) is 5.92 Å². The Morgan fingerprint density at radius 3 is 2.47 bits per heavy atom. The van der Waals surface area contributed by atoms with E-state index in [1.165, 1.54) is 27.8 Å². The van der Waals surface area contributed by atoms with Gasteiger partial charge in [-0.25, -0.2) is 9.07 Å². The maximum Gasteiger partial charge on any atom is 0.290 e. The van der Waals surface area contributed by atoms with Crippen LogP contribution in [0.3, 0.4) is 0 Å². The molecule has 164 valence electrons. The topological polar surface area (TPSA) is 113 Å². The number of rotatable bonds is 4. The molecule has 2 heterocycles. The Bertz CT molecular complexity index is 1290. The first-order valence-corrected chi connectivity index (χ1v) is 10.1. The molecule has 3 aromatic rings. The number of aromatic nitrogens is 2. The van der Waals surface area contributed by atoms with E-state index in [4.69, 9.17) is 0 Å². The molecule has 1 aliphatic rings. The van der Waals surface area contributed by atoms with Gasteiger partial charge >= 0.3 is 0 Å². The first-order valence-electron chi connectivity index (χ1n) is 10.1. The van der Waals surface area contributed by atoms with Crippen LogP contribution >= 0.6 is 0 Å². The van der Waals surface area contributed by atoms with Crippen molar-refractivity contribution in [1.29, 1.82) is 0 Å². The molecule has 32 heavy (non-hydrogen) atoms. The first kappa shape index (κ1) is 21.2. The van der Waals surface area contributed by atoms with E-state index in [1.807, 2.05) is 0 Å². The monoisotopic (exact) mass is 437 g/mol. The van der Waals surface area contributed by atoms with E-state index < -0.39 is 23.5 Å². The molecule has 1 saturated heterocycles. The third kappa shape index (κ3) is 3.82. The summed E-state index contributed by atoms with van der Waals surface area (Å²) in [6, 6.07) is 12.4. The van der Waals surface area contributed by atoms with Crippen LogP contribution in [0.25, 0.3) is 10.8 Å². The smallest absolute Gasteiger partial charge is 0.290 e. The molecule has 0 unspecified atom stereocenters. The largest absolute Gasteiger partial charge is 0.309 e. The number of carbonyl (C=O) groups is 3. The van der Waals surface area contributed by atoms with Crippen LogP contribution in [0.15, 0.2) is 53.3 Å². The number of fused-ring (bicyclic) bond motifs is 1. The van der Waals surface area contributed by atoms with E-state index in [9.17, 15) is 23.6 Å². The van der Waals surface area contributed by atoms with Gasteiger partial charge < -0.3 is 4.90 Å². The minimum Gasteiger partial charge on any atom is -0.309 e. The van der Waals surface area contributed by atoms with Crippen LogP contribution in [0.1, 0.15) is 23.8 Å². The fourth-order valence-corrected chi connectivity index (χ4v) is 3.68. The highest BCUT2D eigenvalue weighted by Gasteiger charge is 2.36. The summed E-state index contributed by atoms with van der Waals surface area (Å²) >= 11 is 0. The van der Waals surface area contributed by atoms with Crippen LogP contribution in [0.2, 0.25) is 0 Å². The predicted octanol–water partition coefficient (Wildman–Crippen LogP) is 1.37. The lowest BCUT2D eigenvalue weighted by Gasteiger charge is -2.17. The summed E-state index contributed by atoms with van der Waals surface area (Å²) in [6.07, 6.45) is -0.113. The van der Waals surface area contributed by atoms with Crippen molar-refractivity contribution >= 4 is 34.2 Å². The molecule has 2 aromatic carbocycles. The Kier molecular flexibility index (Phi) is 5.67. The summed E-state index contributed by atoms with van der Waals surface area (Å²) in [6.45, 7) is 1.99. The van der Waals surface area contributed by atoms with E-state index in [2.05, 4.69) is 16.0 Å². The van der Waals surface area contributed by atoms with E-state index >= 15 is 0 Å². The van der Waals surface area contributed by atoms with Crippen LogP contribution in [0.5, 0.6) is 0 Å². The van der Waals surface area contributed by atoms with Crippen LogP contribution in [0.4, 0.5) is 10.1 Å². The zero-order valence-corrected chi connectivity index (χ0v) is 17.2. The van der Waals surface area contributed by atoms with Crippen molar-refractivity contribution in [3.05, 3.63) is 70.4 Å². The predicted molar refractivity (Wildman–Crippen MR) is 114 cm³/mol. The molecule has 0 radical (unpaired) electrons. The molecule has 4 rings (SSSR count). The number of benzene rings is 2. The normalized spacial score (nSPS) is 15.8. The minimum atomic E-state index is -0.767. The van der Waals surface area contributed by atoms with Gasteiger partial charge in [0.15, 0.2) is 5.69 Å². The van der Waals surface area contributed by atoms with E-state index in [-0.39, 0.29) is 42.4 Å². The molecule has 0 bridgehead atoms. The number of carbonyl (C=O) groups excluding carboxylic acids is 3. The van der Waals surface area contributed by atoms with Crippen LogP contribution < -0.4 is 21.3 Å². The average molecular weight is 437 g/mol. The van der Waals surface area contributed by atoms with Gasteiger partial charge in [0.2, 0.25) is 11.8 Å². The number of halogens is 1. The molecule has 3 amide bonds. The number of nitrogens with zero attached hydrogens (tertiary/aromatic N) is 3. The van der Waals surface area contributed by atoms with Gasteiger partial charge in [-0.2, -0.15) is 5.10 Å². The van der Waals surface area contributed by atoms with E-state index in [1.54, 1.807) is 37.3 Å². The van der Waals surface area contributed by atoms with Gasteiger partial charge in [0.1, 0.15) is 5.82 Å². The molecular weight excluding hydrogens is 417 g/mol. The van der Waals surface area contributed by atoms with Crippen molar-refractivity contribution in [3.63, 3.8) is 0 Å². The summed E-state index contributed by atoms with van der Waals surface area (Å²) in [5.74, 6) is -2.99. The number of amides is 3. The molecule has 2 N–H and O–H groups in total. The van der Waals surface area contributed by atoms with E-state index in [0.29, 0.717) is 10.8 Å². The molecule has 0 aliphatic carbocycles. The molecular formula is C22H20FN5O4. The Morgan fingerprint density at radius 2 is 1.75 bits per heavy atom. The highest BCUT2D eigenvalue weighted by atomic mass is 19.1. The second-order valence-corrected chi connectivity index (χ2v) is 7.32. The third-order valence-corrected chi connectivity index (χ3v) is 5.32. The number of para-hydroxylation sites is 1. The second kappa shape index (κ2) is 8.58. The summed E-state index contributed by atoms with van der Waals surface area (Å²) in [5, 5.41) is 4.80. The Hall–Kier alpha value is -4.08. The summed E-state index contributed by atoms with van der Waals surface area (Å²) in [7, 11) is 0. The SMILES string of the molecule is CCn1nc(C(=O)NNC(=O)[C@H]2CC(=O)N(c3ccccc3F)C2)c2ccccc2c1=O. The highest BCUT2D eigenvalue weighted by molar-refractivity contribution is 6.06. The number of hydrazine groups is 1. The third-order valence-electron chi connectivity index (χ3n) is 5.32. The summed E-state index contributed by atoms with van der Waals surface area (Å²) < 4.78 is 15.2.